The molecule has 0 aliphatic rings. The standard InChI is InChI=1S/C9H4ClF3N2O/c10-8-14-7(15-16-8)5-2-1-3-6(4-5)9(11,12)13/h1-4H. The van der Waals surface area contributed by atoms with Gasteiger partial charge in [0, 0.05) is 5.56 Å². The molecule has 0 fully saturated rings. The second-order valence-corrected chi connectivity index (χ2v) is 3.27. The van der Waals surface area contributed by atoms with E-state index in [1.54, 1.807) is 0 Å². The minimum absolute atomic E-state index is 0.0242. The molecule has 0 aliphatic carbocycles. The molecule has 0 N–H and O–H groups in total. The largest absolute Gasteiger partial charge is 0.416 e. The maximum atomic E-state index is 12.4. The van der Waals surface area contributed by atoms with Gasteiger partial charge in [-0.2, -0.15) is 18.2 Å². The lowest BCUT2D eigenvalue weighted by atomic mass is 10.1. The smallest absolute Gasteiger partial charge is 0.321 e. The van der Waals surface area contributed by atoms with Crippen LogP contribution in [0.15, 0.2) is 28.8 Å². The van der Waals surface area contributed by atoms with Crippen LogP contribution in [0.2, 0.25) is 5.35 Å². The molecular weight excluding hydrogens is 245 g/mol. The molecule has 0 aliphatic heterocycles. The fourth-order valence-electron chi connectivity index (χ4n) is 1.16. The van der Waals surface area contributed by atoms with Gasteiger partial charge in [-0.1, -0.05) is 17.3 Å². The molecule has 0 unspecified atom stereocenters. The molecular formula is C9H4ClF3N2O. The fraction of sp³-hybridized carbons (Fsp3) is 0.111. The van der Waals surface area contributed by atoms with Crippen LogP contribution in [0.4, 0.5) is 13.2 Å². The molecule has 16 heavy (non-hydrogen) atoms. The van der Waals surface area contributed by atoms with Crippen molar-refractivity contribution in [1.82, 2.24) is 10.1 Å². The Bertz CT molecular complexity index is 509. The minimum atomic E-state index is -4.40. The van der Waals surface area contributed by atoms with Gasteiger partial charge in [0.2, 0.25) is 5.82 Å². The van der Waals surface area contributed by atoms with Gasteiger partial charge in [-0.3, -0.25) is 0 Å². The molecule has 0 saturated heterocycles. The minimum Gasteiger partial charge on any atom is -0.321 e. The molecule has 0 atom stereocenters. The van der Waals surface area contributed by atoms with Crippen molar-refractivity contribution >= 4 is 11.6 Å². The van der Waals surface area contributed by atoms with Gasteiger partial charge < -0.3 is 4.52 Å². The number of nitrogens with zero attached hydrogens (tertiary/aromatic N) is 2. The van der Waals surface area contributed by atoms with Gasteiger partial charge in [-0.15, -0.1) is 0 Å². The van der Waals surface area contributed by atoms with E-state index in [0.717, 1.165) is 12.1 Å². The molecule has 3 nitrogen and oxygen atoms in total. The van der Waals surface area contributed by atoms with Gasteiger partial charge in [0.15, 0.2) is 0 Å². The Morgan fingerprint density at radius 2 is 2.00 bits per heavy atom. The van der Waals surface area contributed by atoms with Gasteiger partial charge in [-0.05, 0) is 23.7 Å². The third-order valence-corrected chi connectivity index (χ3v) is 2.00. The van der Waals surface area contributed by atoms with Crippen molar-refractivity contribution in [2.45, 2.75) is 6.18 Å². The molecule has 0 bridgehead atoms. The Labute approximate surface area is 92.8 Å². The topological polar surface area (TPSA) is 38.9 Å². The van der Waals surface area contributed by atoms with E-state index in [1.165, 1.54) is 12.1 Å². The lowest BCUT2D eigenvalue weighted by molar-refractivity contribution is -0.137. The quantitative estimate of drug-likeness (QED) is 0.776. The highest BCUT2D eigenvalue weighted by Gasteiger charge is 2.30. The van der Waals surface area contributed by atoms with Crippen LogP contribution in [0, 0.1) is 0 Å². The average molecular weight is 249 g/mol. The van der Waals surface area contributed by atoms with Crippen molar-refractivity contribution in [2.24, 2.45) is 0 Å². The average Bonchev–Trinajstić information content (AvgIpc) is 2.64. The van der Waals surface area contributed by atoms with Crippen LogP contribution < -0.4 is 0 Å². The van der Waals surface area contributed by atoms with Crippen LogP contribution in [-0.2, 0) is 6.18 Å². The monoisotopic (exact) mass is 248 g/mol. The summed E-state index contributed by atoms with van der Waals surface area (Å²) in [6.45, 7) is 0. The predicted octanol–water partition coefficient (Wildman–Crippen LogP) is 3.41. The zero-order chi connectivity index (χ0) is 11.8. The molecule has 84 valence electrons. The maximum Gasteiger partial charge on any atom is 0.416 e. The third-order valence-electron chi connectivity index (χ3n) is 1.85. The third kappa shape index (κ3) is 2.16. The molecule has 2 rings (SSSR count). The zero-order valence-corrected chi connectivity index (χ0v) is 8.38. The Kier molecular flexibility index (Phi) is 2.59. The van der Waals surface area contributed by atoms with Crippen LogP contribution in [-0.4, -0.2) is 10.1 Å². The van der Waals surface area contributed by atoms with Crippen molar-refractivity contribution in [2.75, 3.05) is 0 Å². The summed E-state index contributed by atoms with van der Waals surface area (Å²) in [5, 5.41) is 3.21. The summed E-state index contributed by atoms with van der Waals surface area (Å²) in [6, 6.07) is 4.60. The molecule has 0 spiro atoms. The van der Waals surface area contributed by atoms with E-state index < -0.39 is 11.7 Å². The first-order valence-electron chi connectivity index (χ1n) is 4.13. The summed E-state index contributed by atoms with van der Waals surface area (Å²) < 4.78 is 41.7. The molecule has 0 radical (unpaired) electrons. The number of rotatable bonds is 1. The Balaban J connectivity index is 2.44. The van der Waals surface area contributed by atoms with Gasteiger partial charge >= 0.3 is 11.5 Å². The summed E-state index contributed by atoms with van der Waals surface area (Å²) in [4.78, 5) is 3.62. The van der Waals surface area contributed by atoms with Crippen LogP contribution in [0.25, 0.3) is 11.4 Å². The van der Waals surface area contributed by atoms with Crippen molar-refractivity contribution in [3.05, 3.63) is 35.2 Å². The van der Waals surface area contributed by atoms with Gasteiger partial charge in [0.1, 0.15) is 0 Å². The highest BCUT2D eigenvalue weighted by atomic mass is 35.5. The Morgan fingerprint density at radius 1 is 1.25 bits per heavy atom. The van der Waals surface area contributed by atoms with E-state index in [2.05, 4.69) is 14.7 Å². The number of aromatic nitrogens is 2. The normalized spacial score (nSPS) is 11.8. The van der Waals surface area contributed by atoms with Crippen LogP contribution in [0.5, 0.6) is 0 Å². The highest BCUT2D eigenvalue weighted by molar-refractivity contribution is 6.27. The number of halogens is 4. The second-order valence-electron chi connectivity index (χ2n) is 2.95. The number of benzene rings is 1. The van der Waals surface area contributed by atoms with E-state index in [4.69, 9.17) is 11.6 Å². The summed E-state index contributed by atoms with van der Waals surface area (Å²) >= 11 is 5.38. The SMILES string of the molecule is FC(F)(F)c1cccc(-c2noc(Cl)n2)c1. The molecule has 2 aromatic rings. The maximum absolute atomic E-state index is 12.4. The fourth-order valence-corrected chi connectivity index (χ4v) is 1.27. The first-order valence-corrected chi connectivity index (χ1v) is 4.51. The summed E-state index contributed by atoms with van der Waals surface area (Å²) in [6.07, 6.45) is -4.40. The molecule has 0 saturated carbocycles. The number of hydrogen-bond donors (Lipinski definition) is 0. The van der Waals surface area contributed by atoms with Crippen molar-refractivity contribution in [1.29, 1.82) is 0 Å². The van der Waals surface area contributed by atoms with Gasteiger partial charge in [0.25, 0.3) is 0 Å². The van der Waals surface area contributed by atoms with Gasteiger partial charge in [0.05, 0.1) is 5.56 Å². The van der Waals surface area contributed by atoms with E-state index >= 15 is 0 Å². The molecule has 0 amide bonds. The Hall–Kier alpha value is -1.56. The highest BCUT2D eigenvalue weighted by Crippen LogP contribution is 2.31. The van der Waals surface area contributed by atoms with Crippen molar-refractivity contribution in [3.63, 3.8) is 0 Å². The van der Waals surface area contributed by atoms with Crippen molar-refractivity contribution < 1.29 is 17.7 Å². The summed E-state index contributed by atoms with van der Waals surface area (Å²) in [5.41, 5.74) is -0.573. The first-order chi connectivity index (χ1) is 7.47. The second kappa shape index (κ2) is 3.79. The summed E-state index contributed by atoms with van der Waals surface area (Å²) in [7, 11) is 0. The van der Waals surface area contributed by atoms with E-state index in [9.17, 15) is 13.2 Å². The van der Waals surface area contributed by atoms with E-state index in [1.807, 2.05) is 0 Å². The van der Waals surface area contributed by atoms with Crippen molar-refractivity contribution in [3.8, 4) is 11.4 Å². The van der Waals surface area contributed by atoms with Crippen LogP contribution in [0.1, 0.15) is 5.56 Å². The molecule has 1 heterocycles. The molecule has 7 heteroatoms. The van der Waals surface area contributed by atoms with E-state index in [-0.39, 0.29) is 16.7 Å². The molecule has 1 aromatic heterocycles. The lowest BCUT2D eigenvalue weighted by Crippen LogP contribution is -2.04. The van der Waals surface area contributed by atoms with Gasteiger partial charge in [-0.25, -0.2) is 0 Å². The number of alkyl halides is 3. The first kappa shape index (κ1) is 10.9. The predicted molar refractivity (Wildman–Crippen MR) is 49.7 cm³/mol. The summed E-state index contributed by atoms with van der Waals surface area (Å²) in [5.74, 6) is 0.0242. The van der Waals surface area contributed by atoms with Crippen LogP contribution >= 0.6 is 11.6 Å². The lowest BCUT2D eigenvalue weighted by Gasteiger charge is -2.06. The Morgan fingerprint density at radius 3 is 2.56 bits per heavy atom. The number of hydrogen-bond acceptors (Lipinski definition) is 3. The molecule has 1 aromatic carbocycles. The van der Waals surface area contributed by atoms with Crippen LogP contribution in [0.3, 0.4) is 0 Å². The zero-order valence-electron chi connectivity index (χ0n) is 7.62. The van der Waals surface area contributed by atoms with E-state index in [0.29, 0.717) is 0 Å².